The van der Waals surface area contributed by atoms with E-state index in [0.29, 0.717) is 36.3 Å². The van der Waals surface area contributed by atoms with Gasteiger partial charge in [-0.05, 0) is 104 Å². The topological polar surface area (TPSA) is 84.3 Å². The van der Waals surface area contributed by atoms with Gasteiger partial charge in [0.25, 0.3) is 0 Å². The molecule has 1 atom stereocenters. The molecule has 1 heterocycles. The third-order valence-corrected chi connectivity index (χ3v) is 9.31. The van der Waals surface area contributed by atoms with Crippen molar-refractivity contribution in [1.82, 2.24) is 9.97 Å². The molecule has 0 saturated heterocycles. The number of hydrogen-bond acceptors (Lipinski definition) is 5. The molecule has 1 aromatic heterocycles. The molecule has 2 saturated carbocycles. The second-order valence-electron chi connectivity index (χ2n) is 11.3. The average molecular weight is 532 g/mol. The van der Waals surface area contributed by atoms with Gasteiger partial charge in [0.15, 0.2) is 0 Å². The van der Waals surface area contributed by atoms with Gasteiger partial charge in [0.05, 0.1) is 6.61 Å². The zero-order valence-electron chi connectivity index (χ0n) is 21.5. The van der Waals surface area contributed by atoms with Crippen molar-refractivity contribution in [3.05, 3.63) is 82.8 Å². The normalized spacial score (nSPS) is 26.2. The molecule has 6 rings (SSSR count). The van der Waals surface area contributed by atoms with Crippen LogP contribution in [0.25, 0.3) is 0 Å². The summed E-state index contributed by atoms with van der Waals surface area (Å²) < 4.78 is 6.14. The van der Waals surface area contributed by atoms with Crippen LogP contribution in [0.15, 0.2) is 61.1 Å². The number of nitrogens with one attached hydrogen (secondary N) is 1. The van der Waals surface area contributed by atoms with Crippen molar-refractivity contribution in [1.29, 1.82) is 0 Å². The Kier molecular flexibility index (Phi) is 6.77. The van der Waals surface area contributed by atoms with Crippen LogP contribution < -0.4 is 10.1 Å². The van der Waals surface area contributed by atoms with Crippen LogP contribution in [0.2, 0.25) is 5.02 Å². The fraction of sp³-hybridized carbons (Fsp3) is 0.452. The highest BCUT2D eigenvalue weighted by Crippen LogP contribution is 2.55. The van der Waals surface area contributed by atoms with Crippen molar-refractivity contribution in [3.63, 3.8) is 0 Å². The second-order valence-corrected chi connectivity index (χ2v) is 11.7. The molecule has 38 heavy (non-hydrogen) atoms. The number of fused-ring (bicyclic) bond motifs is 2. The number of halogens is 1. The van der Waals surface area contributed by atoms with Gasteiger partial charge in [-0.3, -0.25) is 0 Å². The Morgan fingerprint density at radius 1 is 1.11 bits per heavy atom. The van der Waals surface area contributed by atoms with E-state index in [1.165, 1.54) is 24.0 Å². The van der Waals surface area contributed by atoms with Crippen LogP contribution >= 0.6 is 11.6 Å². The Morgan fingerprint density at radius 2 is 1.92 bits per heavy atom. The highest BCUT2D eigenvalue weighted by atomic mass is 35.5. The molecule has 198 valence electrons. The van der Waals surface area contributed by atoms with Crippen LogP contribution in [0.5, 0.6) is 5.88 Å². The van der Waals surface area contributed by atoms with Crippen molar-refractivity contribution in [2.75, 3.05) is 11.9 Å². The summed E-state index contributed by atoms with van der Waals surface area (Å²) in [5.74, 6) is 0.966. The van der Waals surface area contributed by atoms with Gasteiger partial charge in [-0.25, -0.2) is 14.8 Å². The second kappa shape index (κ2) is 10.2. The molecule has 1 spiro atoms. The smallest absolute Gasteiger partial charge is 0.329 e. The molecular formula is C31H34ClN3O3. The molecule has 0 amide bonds. The van der Waals surface area contributed by atoms with Crippen molar-refractivity contribution < 1.29 is 14.6 Å². The van der Waals surface area contributed by atoms with Crippen LogP contribution in [0.1, 0.15) is 74.0 Å². The minimum absolute atomic E-state index is 0.000351. The molecule has 0 unspecified atom stereocenters. The number of nitrogens with zero attached hydrogens (tertiary/aromatic N) is 2. The number of rotatable bonds is 9. The molecule has 7 heteroatoms. The Labute approximate surface area is 228 Å². The van der Waals surface area contributed by atoms with Crippen LogP contribution in [-0.2, 0) is 16.6 Å². The van der Waals surface area contributed by atoms with E-state index in [0.717, 1.165) is 49.2 Å². The van der Waals surface area contributed by atoms with Crippen LogP contribution in [0, 0.1) is 5.92 Å². The van der Waals surface area contributed by atoms with E-state index < -0.39 is 11.5 Å². The number of carboxylic acids is 1. The van der Waals surface area contributed by atoms with Gasteiger partial charge in [-0.1, -0.05) is 41.9 Å². The van der Waals surface area contributed by atoms with Gasteiger partial charge >= 0.3 is 5.97 Å². The molecule has 2 N–H and O–H groups in total. The summed E-state index contributed by atoms with van der Waals surface area (Å²) in [6.45, 7) is 0.634. The van der Waals surface area contributed by atoms with Crippen LogP contribution in [0.4, 0.5) is 5.69 Å². The maximum atomic E-state index is 12.6. The lowest BCUT2D eigenvalue weighted by atomic mass is 9.60. The SMILES string of the molecule is O=C(O)C1(Nc2cccc(Cl)c2)CCC2(CC1)c1ccccc1C[C@H]2CCCOc1ncncc1C1CC1. The summed E-state index contributed by atoms with van der Waals surface area (Å²) in [5, 5.41) is 14.3. The fourth-order valence-corrected chi connectivity index (χ4v) is 7.09. The average Bonchev–Trinajstić information content (AvgIpc) is 3.73. The predicted octanol–water partition coefficient (Wildman–Crippen LogP) is 6.79. The Hall–Kier alpha value is -3.12. The van der Waals surface area contributed by atoms with E-state index in [-0.39, 0.29) is 5.41 Å². The zero-order valence-corrected chi connectivity index (χ0v) is 22.3. The Balaban J connectivity index is 1.16. The lowest BCUT2D eigenvalue weighted by Crippen LogP contribution is -2.53. The molecule has 2 fully saturated rings. The van der Waals surface area contributed by atoms with E-state index in [2.05, 4.69) is 39.6 Å². The molecule has 3 aliphatic carbocycles. The van der Waals surface area contributed by atoms with E-state index >= 15 is 0 Å². The predicted molar refractivity (Wildman–Crippen MR) is 148 cm³/mol. The summed E-state index contributed by atoms with van der Waals surface area (Å²) in [7, 11) is 0. The van der Waals surface area contributed by atoms with Crippen LogP contribution in [0.3, 0.4) is 0 Å². The van der Waals surface area contributed by atoms with Gasteiger partial charge in [0.2, 0.25) is 5.88 Å². The summed E-state index contributed by atoms with van der Waals surface area (Å²) in [5.41, 5.74) is 3.73. The highest BCUT2D eigenvalue weighted by molar-refractivity contribution is 6.30. The molecular weight excluding hydrogens is 498 g/mol. The summed E-state index contributed by atoms with van der Waals surface area (Å²) in [4.78, 5) is 21.2. The van der Waals surface area contributed by atoms with E-state index in [4.69, 9.17) is 16.3 Å². The van der Waals surface area contributed by atoms with E-state index in [1.54, 1.807) is 18.5 Å². The summed E-state index contributed by atoms with van der Waals surface area (Å²) >= 11 is 6.18. The molecule has 3 aliphatic rings. The highest BCUT2D eigenvalue weighted by Gasteiger charge is 2.53. The maximum absolute atomic E-state index is 12.6. The first-order valence-electron chi connectivity index (χ1n) is 13.8. The lowest BCUT2D eigenvalue weighted by Gasteiger charge is -2.47. The van der Waals surface area contributed by atoms with Crippen molar-refractivity contribution >= 4 is 23.3 Å². The Morgan fingerprint density at radius 3 is 2.68 bits per heavy atom. The number of aliphatic carboxylic acids is 1. The van der Waals surface area contributed by atoms with Gasteiger partial charge in [-0.15, -0.1) is 0 Å². The van der Waals surface area contributed by atoms with Crippen molar-refractivity contribution in [2.45, 2.75) is 74.7 Å². The van der Waals surface area contributed by atoms with E-state index in [1.807, 2.05) is 18.3 Å². The van der Waals surface area contributed by atoms with Crippen LogP contribution in [-0.4, -0.2) is 33.2 Å². The zero-order chi connectivity index (χ0) is 26.2. The Bertz CT molecular complexity index is 1320. The number of hydrogen-bond donors (Lipinski definition) is 2. The summed E-state index contributed by atoms with van der Waals surface area (Å²) in [6, 6.07) is 16.1. The molecule has 6 nitrogen and oxygen atoms in total. The van der Waals surface area contributed by atoms with Crippen molar-refractivity contribution in [3.8, 4) is 5.88 Å². The van der Waals surface area contributed by atoms with Gasteiger partial charge in [-0.2, -0.15) is 0 Å². The molecule has 3 aromatic rings. The third kappa shape index (κ3) is 4.75. The van der Waals surface area contributed by atoms with E-state index in [9.17, 15) is 9.90 Å². The minimum atomic E-state index is -0.993. The number of aromatic nitrogens is 2. The largest absolute Gasteiger partial charge is 0.480 e. The molecule has 0 bridgehead atoms. The molecule has 0 aliphatic heterocycles. The number of ether oxygens (including phenoxy) is 1. The third-order valence-electron chi connectivity index (χ3n) is 9.07. The maximum Gasteiger partial charge on any atom is 0.329 e. The van der Waals surface area contributed by atoms with Crippen molar-refractivity contribution in [2.24, 2.45) is 5.92 Å². The lowest BCUT2D eigenvalue weighted by molar-refractivity contribution is -0.144. The standard InChI is InChI=1S/C31H34ClN3O3/c32-24-7-3-8-25(18-24)35-31(29(36)37)14-12-30(13-15-31)23(17-22-5-1-2-9-27(22)30)6-4-16-38-28-26(21-10-11-21)19-33-20-34-28/h1-3,5,7-9,18-21,23,35H,4,6,10-17H2,(H,36,37)/t23-,30?,31?/m1/s1. The monoisotopic (exact) mass is 531 g/mol. The fourth-order valence-electron chi connectivity index (χ4n) is 6.90. The number of anilines is 1. The number of carbonyl (C=O) groups is 1. The van der Waals surface area contributed by atoms with Gasteiger partial charge < -0.3 is 15.2 Å². The first-order valence-corrected chi connectivity index (χ1v) is 14.2. The van der Waals surface area contributed by atoms with Gasteiger partial charge in [0, 0.05) is 22.5 Å². The number of benzene rings is 2. The van der Waals surface area contributed by atoms with Gasteiger partial charge in [0.1, 0.15) is 11.9 Å². The number of carboxylic acid groups (broad SMARTS) is 1. The first-order chi connectivity index (χ1) is 18.5. The molecule has 2 aromatic carbocycles. The first kappa shape index (κ1) is 25.2. The molecule has 0 radical (unpaired) electrons. The minimum Gasteiger partial charge on any atom is -0.480 e. The quantitative estimate of drug-likeness (QED) is 0.296. The summed E-state index contributed by atoms with van der Waals surface area (Å²) in [6.07, 6.45) is 11.7.